The van der Waals surface area contributed by atoms with Gasteiger partial charge < -0.3 is 13.7 Å². The van der Waals surface area contributed by atoms with Crippen molar-refractivity contribution in [1.82, 2.24) is 14.8 Å². The van der Waals surface area contributed by atoms with Gasteiger partial charge in [0.25, 0.3) is 0 Å². The van der Waals surface area contributed by atoms with Crippen molar-refractivity contribution < 1.29 is 13.9 Å². The van der Waals surface area contributed by atoms with Crippen molar-refractivity contribution in [1.29, 1.82) is 0 Å². The first-order valence-electron chi connectivity index (χ1n) is 17.3. The lowest BCUT2D eigenvalue weighted by molar-refractivity contribution is -0.139. The highest BCUT2D eigenvalue weighted by Gasteiger charge is 2.14. The summed E-state index contributed by atoms with van der Waals surface area (Å²) in [6.45, 7) is 5.79. The first kappa shape index (κ1) is 33.0. The van der Waals surface area contributed by atoms with Gasteiger partial charge in [0.1, 0.15) is 0 Å². The maximum atomic E-state index is 11.4. The molecule has 0 saturated carbocycles. The van der Waals surface area contributed by atoms with E-state index < -0.39 is 0 Å². The van der Waals surface area contributed by atoms with E-state index in [0.29, 0.717) is 24.0 Å². The van der Waals surface area contributed by atoms with Crippen molar-refractivity contribution in [3.8, 4) is 34.0 Å². The minimum atomic E-state index is -0.278. The first-order chi connectivity index (χ1) is 23.5. The number of aryl methyl sites for hydroxylation is 2. The fourth-order valence-electron chi connectivity index (χ4n) is 6.38. The molecule has 4 aromatic carbocycles. The van der Waals surface area contributed by atoms with Crippen LogP contribution in [-0.2, 0) is 23.0 Å². The van der Waals surface area contributed by atoms with Crippen LogP contribution in [0.3, 0.4) is 0 Å². The predicted octanol–water partition coefficient (Wildman–Crippen LogP) is 10.9. The number of aromatic nitrogens is 3. The highest BCUT2D eigenvalue weighted by molar-refractivity contribution is 6.09. The van der Waals surface area contributed by atoms with Crippen LogP contribution in [0, 0.1) is 0 Å². The van der Waals surface area contributed by atoms with Crippen LogP contribution in [0.2, 0.25) is 0 Å². The summed E-state index contributed by atoms with van der Waals surface area (Å²) in [4.78, 5) is 11.4. The van der Waals surface area contributed by atoms with Crippen LogP contribution in [0.25, 0.3) is 55.8 Å². The highest BCUT2D eigenvalue weighted by Crippen LogP contribution is 2.33. The second kappa shape index (κ2) is 15.7. The normalized spacial score (nSPS) is 11.4. The molecular formula is C42H45N3O3. The molecule has 0 amide bonds. The number of ether oxygens (including phenoxy) is 1. The zero-order valence-electron chi connectivity index (χ0n) is 28.2. The molecule has 48 heavy (non-hydrogen) atoms. The van der Waals surface area contributed by atoms with Gasteiger partial charge in [-0.15, -0.1) is 10.2 Å². The lowest BCUT2D eigenvalue weighted by atomic mass is 10.00. The van der Waals surface area contributed by atoms with Crippen molar-refractivity contribution in [3.05, 3.63) is 109 Å². The maximum absolute atomic E-state index is 11.4. The maximum Gasteiger partial charge on any atom is 0.333 e. The van der Waals surface area contributed by atoms with Gasteiger partial charge in [-0.3, -0.25) is 0 Å². The van der Waals surface area contributed by atoms with E-state index in [1.165, 1.54) is 83.4 Å². The van der Waals surface area contributed by atoms with Crippen molar-refractivity contribution in [2.24, 2.45) is 7.05 Å². The molecule has 0 saturated heterocycles. The minimum Gasteiger partial charge on any atom is -0.462 e. The molecule has 0 aliphatic carbocycles. The Morgan fingerprint density at radius 1 is 0.667 bits per heavy atom. The molecule has 0 bridgehead atoms. The average Bonchev–Trinajstić information content (AvgIpc) is 3.72. The lowest BCUT2D eigenvalue weighted by Gasteiger charge is -2.06. The Balaban J connectivity index is 0.933. The van der Waals surface area contributed by atoms with E-state index in [4.69, 9.17) is 9.15 Å². The van der Waals surface area contributed by atoms with Gasteiger partial charge in [0.2, 0.25) is 11.8 Å². The molecule has 0 atom stereocenters. The van der Waals surface area contributed by atoms with E-state index in [9.17, 15) is 4.79 Å². The zero-order valence-corrected chi connectivity index (χ0v) is 28.2. The summed E-state index contributed by atoms with van der Waals surface area (Å²) >= 11 is 0. The van der Waals surface area contributed by atoms with Gasteiger partial charge in [-0.05, 0) is 79.3 Å². The van der Waals surface area contributed by atoms with Gasteiger partial charge in [0.05, 0.1) is 6.61 Å². The predicted molar refractivity (Wildman–Crippen MR) is 196 cm³/mol. The zero-order chi connectivity index (χ0) is 33.3. The van der Waals surface area contributed by atoms with Crippen LogP contribution in [0.1, 0.15) is 70.3 Å². The quantitative estimate of drug-likeness (QED) is 0.0599. The van der Waals surface area contributed by atoms with Crippen LogP contribution >= 0.6 is 0 Å². The molecule has 0 N–H and O–H groups in total. The number of benzene rings is 4. The Morgan fingerprint density at radius 2 is 1.21 bits per heavy atom. The van der Waals surface area contributed by atoms with E-state index in [0.717, 1.165) is 30.4 Å². The fraction of sp³-hybridized carbons (Fsp3) is 0.310. The highest BCUT2D eigenvalue weighted by atomic mass is 16.5. The Kier molecular flexibility index (Phi) is 10.8. The Hall–Kier alpha value is -4.97. The van der Waals surface area contributed by atoms with E-state index in [-0.39, 0.29) is 5.97 Å². The van der Waals surface area contributed by atoms with Crippen molar-refractivity contribution in [3.63, 3.8) is 0 Å². The summed E-state index contributed by atoms with van der Waals surface area (Å²) in [5.74, 6) is 0.760. The smallest absolute Gasteiger partial charge is 0.333 e. The summed E-state index contributed by atoms with van der Waals surface area (Å²) in [5.41, 5.74) is 8.43. The molecule has 0 aliphatic rings. The number of carbonyl (C=O) groups excluding carboxylic acids is 1. The Bertz CT molecular complexity index is 1980. The molecule has 6 aromatic rings. The number of rotatable bonds is 16. The van der Waals surface area contributed by atoms with Gasteiger partial charge in [-0.1, -0.05) is 106 Å². The van der Waals surface area contributed by atoms with Gasteiger partial charge in [-0.25, -0.2) is 4.79 Å². The van der Waals surface area contributed by atoms with Crippen molar-refractivity contribution in [2.45, 2.75) is 71.1 Å². The van der Waals surface area contributed by atoms with Gasteiger partial charge in [0.15, 0.2) is 0 Å². The standard InChI is InChI=1S/C42H45N3O3/c1-30(2)42(46)47-28-14-10-8-6-4-5-7-9-11-15-31-18-20-32(21-19-31)33-22-24-34(25-23-33)40-43-44-41(48-40)35-26-27-39-37(29-35)36-16-12-13-17-38(36)45(39)3/h12-13,16-27,29H,1,4-11,14-15,28H2,2-3H3. The van der Waals surface area contributed by atoms with Crippen LogP contribution in [0.5, 0.6) is 0 Å². The number of fused-ring (bicyclic) bond motifs is 3. The minimum absolute atomic E-state index is 0.278. The largest absolute Gasteiger partial charge is 0.462 e. The number of carbonyl (C=O) groups is 1. The lowest BCUT2D eigenvalue weighted by Crippen LogP contribution is -2.05. The number of hydrogen-bond donors (Lipinski definition) is 0. The van der Waals surface area contributed by atoms with Crippen LogP contribution in [0.4, 0.5) is 0 Å². The van der Waals surface area contributed by atoms with E-state index in [1.807, 2.05) is 6.07 Å². The second-order valence-corrected chi connectivity index (χ2v) is 12.8. The van der Waals surface area contributed by atoms with E-state index in [1.54, 1.807) is 6.92 Å². The molecule has 246 valence electrons. The molecule has 6 rings (SSSR count). The van der Waals surface area contributed by atoms with Crippen molar-refractivity contribution in [2.75, 3.05) is 6.61 Å². The third-order valence-electron chi connectivity index (χ3n) is 9.20. The molecule has 0 radical (unpaired) electrons. The monoisotopic (exact) mass is 639 g/mol. The number of para-hydroxylation sites is 1. The molecule has 6 heteroatoms. The van der Waals surface area contributed by atoms with Gasteiger partial charge in [0, 0.05) is 45.6 Å². The molecular weight excluding hydrogens is 594 g/mol. The summed E-state index contributed by atoms with van der Waals surface area (Å²) in [6, 6.07) is 32.0. The van der Waals surface area contributed by atoms with E-state index in [2.05, 4.69) is 113 Å². The third kappa shape index (κ3) is 7.93. The van der Waals surface area contributed by atoms with Gasteiger partial charge >= 0.3 is 5.97 Å². The van der Waals surface area contributed by atoms with Gasteiger partial charge in [-0.2, -0.15) is 0 Å². The Labute approximate surface area is 283 Å². The summed E-state index contributed by atoms with van der Waals surface area (Å²) in [7, 11) is 2.10. The first-order valence-corrected chi connectivity index (χ1v) is 17.3. The van der Waals surface area contributed by atoms with Crippen molar-refractivity contribution >= 4 is 27.8 Å². The second-order valence-electron chi connectivity index (χ2n) is 12.8. The SMILES string of the molecule is C=C(C)C(=O)OCCCCCCCCCCCc1ccc(-c2ccc(-c3nnc(-c4ccc5c(c4)c4ccccc4n5C)o3)cc2)cc1. The molecule has 6 nitrogen and oxygen atoms in total. The van der Waals surface area contributed by atoms with E-state index >= 15 is 0 Å². The Morgan fingerprint density at radius 3 is 1.90 bits per heavy atom. The number of hydrogen-bond acceptors (Lipinski definition) is 5. The summed E-state index contributed by atoms with van der Waals surface area (Å²) in [6.07, 6.45) is 12.0. The summed E-state index contributed by atoms with van der Waals surface area (Å²) in [5, 5.41) is 11.1. The molecule has 2 heterocycles. The summed E-state index contributed by atoms with van der Waals surface area (Å²) < 4.78 is 13.5. The van der Waals surface area contributed by atoms with Crippen LogP contribution in [0.15, 0.2) is 108 Å². The van der Waals surface area contributed by atoms with Crippen LogP contribution < -0.4 is 0 Å². The third-order valence-corrected chi connectivity index (χ3v) is 9.20. The molecule has 0 spiro atoms. The molecule has 0 aliphatic heterocycles. The number of nitrogens with zero attached hydrogens (tertiary/aromatic N) is 3. The molecule has 0 fully saturated rings. The number of esters is 1. The van der Waals surface area contributed by atoms with Crippen LogP contribution in [-0.4, -0.2) is 27.3 Å². The molecule has 2 aromatic heterocycles. The number of unbranched alkanes of at least 4 members (excludes halogenated alkanes) is 8. The average molecular weight is 640 g/mol. The topological polar surface area (TPSA) is 70.2 Å². The fourth-order valence-corrected chi connectivity index (χ4v) is 6.38. The molecule has 0 unspecified atom stereocenters.